The van der Waals surface area contributed by atoms with E-state index in [2.05, 4.69) is 9.05 Å². The Bertz CT molecular complexity index is 836. The van der Waals surface area contributed by atoms with Crippen molar-refractivity contribution in [3.05, 3.63) is 32.6 Å². The molecule has 3 N–H and O–H groups in total. The van der Waals surface area contributed by atoms with E-state index in [1.165, 1.54) is 6.92 Å². The molecule has 25 heavy (non-hydrogen) atoms. The van der Waals surface area contributed by atoms with Crippen molar-refractivity contribution >= 4 is 15.6 Å². The van der Waals surface area contributed by atoms with Gasteiger partial charge in [-0.1, -0.05) is 0 Å². The minimum atomic E-state index is -5.20. The van der Waals surface area contributed by atoms with E-state index in [9.17, 15) is 28.5 Å². The van der Waals surface area contributed by atoms with Crippen LogP contribution in [0.3, 0.4) is 0 Å². The summed E-state index contributed by atoms with van der Waals surface area (Å²) in [6.45, 7) is 0.590. The molecule has 2 rings (SSSR count). The second kappa shape index (κ2) is 7.23. The number of nitrogens with zero attached hydrogens (tertiary/aromatic N) is 1. The molecule has 5 unspecified atom stereocenters. The summed E-state index contributed by atoms with van der Waals surface area (Å²) in [5, 5.41) is 0. The van der Waals surface area contributed by atoms with Gasteiger partial charge in [0.2, 0.25) is 0 Å². The molecule has 1 fully saturated rings. The maximum Gasteiger partial charge on any atom is 0.330 e. The van der Waals surface area contributed by atoms with Gasteiger partial charge in [0.25, 0.3) is 21.2 Å². The van der Waals surface area contributed by atoms with Crippen LogP contribution in [0.2, 0.25) is 0 Å². The van der Waals surface area contributed by atoms with Gasteiger partial charge in [0.05, 0.1) is 12.7 Å². The molecule has 1 aromatic rings. The molecule has 0 saturated carbocycles. The van der Waals surface area contributed by atoms with Gasteiger partial charge in [-0.05, 0) is 6.92 Å². The Kier molecular flexibility index (Phi) is 5.84. The van der Waals surface area contributed by atoms with Crippen molar-refractivity contribution < 1.29 is 42.5 Å². The van der Waals surface area contributed by atoms with E-state index in [0.717, 1.165) is 10.8 Å². The first-order valence-corrected chi connectivity index (χ1v) is 9.73. The van der Waals surface area contributed by atoms with Gasteiger partial charge >= 0.3 is 5.69 Å². The maximum atomic E-state index is 11.8. The Morgan fingerprint density at radius 2 is 2.00 bits per heavy atom. The molecule has 0 aliphatic carbocycles. The van der Waals surface area contributed by atoms with Crippen molar-refractivity contribution in [3.63, 3.8) is 0 Å². The first-order valence-electron chi connectivity index (χ1n) is 6.74. The number of hydrogen-bond acceptors (Lipinski definition) is 9. The summed E-state index contributed by atoms with van der Waals surface area (Å²) in [4.78, 5) is 64.3. The Balaban J connectivity index is 2.26. The fourth-order valence-electron chi connectivity index (χ4n) is 2.27. The summed E-state index contributed by atoms with van der Waals surface area (Å²) in [6.07, 6.45) is -3.03. The van der Waals surface area contributed by atoms with Crippen LogP contribution in [0.1, 0.15) is 18.2 Å². The molecule has 0 amide bonds. The van der Waals surface area contributed by atoms with E-state index in [1.54, 1.807) is 0 Å². The number of aromatic nitrogens is 2. The number of ether oxygens (including phenoxy) is 1. The number of rotatable bonds is 6. The van der Waals surface area contributed by atoms with Gasteiger partial charge in [0.15, 0.2) is 0 Å². The third-order valence-corrected chi connectivity index (χ3v) is 4.32. The average molecular weight is 400 g/mol. The molecule has 0 spiro atoms. The summed E-state index contributed by atoms with van der Waals surface area (Å²) in [5.41, 5.74) is -1.32. The minimum absolute atomic E-state index is 0.163. The zero-order valence-electron chi connectivity index (χ0n) is 12.6. The molecule has 1 aliphatic heterocycles. The van der Waals surface area contributed by atoms with Gasteiger partial charge in [-0.2, -0.15) is 0 Å². The van der Waals surface area contributed by atoms with Gasteiger partial charge in [-0.3, -0.25) is 23.5 Å². The fourth-order valence-corrected chi connectivity index (χ4v) is 3.17. The van der Waals surface area contributed by atoms with Crippen LogP contribution in [-0.2, 0) is 22.9 Å². The molecule has 2 heterocycles. The molecule has 13 nitrogen and oxygen atoms in total. The van der Waals surface area contributed by atoms with Crippen LogP contribution in [0, 0.1) is 6.92 Å². The van der Waals surface area contributed by atoms with Crippen LogP contribution < -0.4 is 21.0 Å². The summed E-state index contributed by atoms with van der Waals surface area (Å²) in [7, 11) is -10.3. The molecule has 0 radical (unpaired) electrons. The third kappa shape index (κ3) is 5.68. The number of aryl methyl sites for hydroxylation is 1. The predicted molar refractivity (Wildman–Crippen MR) is 75.1 cm³/mol. The summed E-state index contributed by atoms with van der Waals surface area (Å²) >= 11 is 0. The minimum Gasteiger partial charge on any atom is -0.756 e. The molecule has 5 atom stereocenters. The number of H-pyrrole nitrogens is 1. The van der Waals surface area contributed by atoms with E-state index in [0.29, 0.717) is 0 Å². The van der Waals surface area contributed by atoms with E-state index in [4.69, 9.17) is 14.5 Å². The largest absolute Gasteiger partial charge is 0.756 e. The standard InChI is InChI=1S/C10H16N2O11P2/c1-5-3-12(10(14)11-9(5)13)8-2-6(23-25(18,19)20)7(22-8)4-21-24(15,16)17/h3,6-8H,2,4H2,1H3,(H,11,13,14)(H2,15,16,17)(H2,18,19,20)/p-2. The molecule has 15 heteroatoms. The van der Waals surface area contributed by atoms with Gasteiger partial charge in [0, 0.05) is 18.2 Å². The highest BCUT2D eigenvalue weighted by molar-refractivity contribution is 7.45. The van der Waals surface area contributed by atoms with Crippen LogP contribution in [-0.4, -0.2) is 38.2 Å². The summed E-state index contributed by atoms with van der Waals surface area (Å²) in [6, 6.07) is 0. The van der Waals surface area contributed by atoms with Crippen molar-refractivity contribution in [1.29, 1.82) is 0 Å². The lowest BCUT2D eigenvalue weighted by Gasteiger charge is -2.25. The van der Waals surface area contributed by atoms with Crippen LogP contribution in [0.25, 0.3) is 0 Å². The number of hydrogen-bond donors (Lipinski definition) is 3. The van der Waals surface area contributed by atoms with Crippen molar-refractivity contribution in [3.8, 4) is 0 Å². The van der Waals surface area contributed by atoms with Crippen molar-refractivity contribution in [2.75, 3.05) is 6.61 Å². The number of nitrogens with one attached hydrogen (secondary N) is 1. The second-order valence-corrected chi connectivity index (χ2v) is 7.56. The molecular weight excluding hydrogens is 386 g/mol. The monoisotopic (exact) mass is 400 g/mol. The van der Waals surface area contributed by atoms with E-state index < -0.39 is 51.9 Å². The Morgan fingerprint density at radius 1 is 1.36 bits per heavy atom. The Hall–Kier alpha value is -1.14. The molecular formula is C10H14N2O11P2-2. The smallest absolute Gasteiger partial charge is 0.330 e. The number of aromatic amines is 1. The second-order valence-electron chi connectivity index (χ2n) is 5.22. The van der Waals surface area contributed by atoms with E-state index in [-0.39, 0.29) is 12.0 Å². The van der Waals surface area contributed by atoms with Crippen molar-refractivity contribution in [2.24, 2.45) is 0 Å². The number of phosphoric acid groups is 2. The average Bonchev–Trinajstić information content (AvgIpc) is 2.80. The first-order chi connectivity index (χ1) is 11.4. The molecule has 1 saturated heterocycles. The number of phosphoric ester groups is 2. The predicted octanol–water partition coefficient (Wildman–Crippen LogP) is -2.54. The normalized spacial score (nSPS) is 28.4. The lowest BCUT2D eigenvalue weighted by atomic mass is 10.2. The van der Waals surface area contributed by atoms with Crippen LogP contribution in [0.4, 0.5) is 0 Å². The van der Waals surface area contributed by atoms with Crippen molar-refractivity contribution in [2.45, 2.75) is 31.8 Å². The van der Waals surface area contributed by atoms with Crippen LogP contribution >= 0.6 is 15.6 Å². The van der Waals surface area contributed by atoms with Gasteiger partial charge in [-0.15, -0.1) is 0 Å². The Labute approximate surface area is 139 Å². The highest BCUT2D eigenvalue weighted by atomic mass is 31.2. The Morgan fingerprint density at radius 3 is 2.56 bits per heavy atom. The zero-order valence-corrected chi connectivity index (χ0v) is 14.4. The SMILES string of the molecule is Cc1cn(C2CC(OP(=O)([O-])O)C(COP(=O)([O-])O)O2)c(=O)[nH]c1=O. The van der Waals surface area contributed by atoms with E-state index in [1.807, 2.05) is 4.98 Å². The molecule has 1 aliphatic rings. The highest BCUT2D eigenvalue weighted by Gasteiger charge is 2.40. The third-order valence-electron chi connectivity index (χ3n) is 3.31. The molecule has 142 valence electrons. The topological polar surface area (TPSA) is 203 Å². The van der Waals surface area contributed by atoms with Gasteiger partial charge in [-0.25, -0.2) is 4.79 Å². The first kappa shape index (κ1) is 20.2. The lowest BCUT2D eigenvalue weighted by molar-refractivity contribution is -0.228. The van der Waals surface area contributed by atoms with Crippen LogP contribution in [0.15, 0.2) is 15.8 Å². The quantitative estimate of drug-likeness (QED) is 0.424. The maximum absolute atomic E-state index is 11.8. The van der Waals surface area contributed by atoms with Gasteiger partial charge in [0.1, 0.15) is 12.3 Å². The molecule has 0 aromatic carbocycles. The summed E-state index contributed by atoms with van der Waals surface area (Å²) in [5.74, 6) is 0. The van der Waals surface area contributed by atoms with E-state index >= 15 is 0 Å². The highest BCUT2D eigenvalue weighted by Crippen LogP contribution is 2.41. The van der Waals surface area contributed by atoms with Gasteiger partial charge < -0.3 is 33.4 Å². The molecule has 1 aromatic heterocycles. The lowest BCUT2D eigenvalue weighted by Crippen LogP contribution is -2.33. The molecule has 0 bridgehead atoms. The zero-order chi connectivity index (χ0) is 19.0. The summed E-state index contributed by atoms with van der Waals surface area (Å²) < 4.78 is 36.4. The van der Waals surface area contributed by atoms with Crippen molar-refractivity contribution in [1.82, 2.24) is 9.55 Å². The fraction of sp³-hybridized carbons (Fsp3) is 0.600. The van der Waals surface area contributed by atoms with Crippen LogP contribution in [0.5, 0.6) is 0 Å².